The van der Waals surface area contributed by atoms with E-state index in [-0.39, 0.29) is 27.4 Å². The van der Waals surface area contributed by atoms with Crippen LogP contribution in [0.2, 0.25) is 0 Å². The number of fused-ring (bicyclic) bond motifs is 1. The van der Waals surface area contributed by atoms with Crippen LogP contribution < -0.4 is 10.0 Å². The Morgan fingerprint density at radius 3 is 2.43 bits per heavy atom. The van der Waals surface area contributed by atoms with E-state index < -0.39 is 10.0 Å². The third kappa shape index (κ3) is 6.43. The average molecular weight is 507 g/mol. The minimum Gasteiger partial charge on any atom is -0.366 e. The molecule has 35 heavy (non-hydrogen) atoms. The highest BCUT2D eigenvalue weighted by Crippen LogP contribution is 2.22. The van der Waals surface area contributed by atoms with Gasteiger partial charge in [0.1, 0.15) is 11.6 Å². The number of carbonyl (C=O) groups is 2. The first-order valence-corrected chi connectivity index (χ1v) is 13.1. The molecule has 10 heteroatoms. The van der Waals surface area contributed by atoms with Gasteiger partial charge in [-0.1, -0.05) is 42.1 Å². The number of aromatic nitrogens is 2. The lowest BCUT2D eigenvalue weighted by Crippen LogP contribution is -2.14. The summed E-state index contributed by atoms with van der Waals surface area (Å²) in [4.78, 5) is 31.7. The number of anilines is 2. The number of benzene rings is 2. The van der Waals surface area contributed by atoms with Crippen LogP contribution in [-0.2, 0) is 21.4 Å². The number of nitrogens with one attached hydrogen (secondary N) is 2. The van der Waals surface area contributed by atoms with E-state index in [4.69, 9.17) is 0 Å². The minimum absolute atomic E-state index is 0.0106. The topological polar surface area (TPSA) is 118 Å². The van der Waals surface area contributed by atoms with Crippen LogP contribution in [0.25, 0.3) is 10.9 Å². The molecule has 2 heterocycles. The Balaban J connectivity index is 1.45. The fraction of sp³-hybridized carbons (Fsp3) is 0.120. The molecule has 0 saturated heterocycles. The Morgan fingerprint density at radius 2 is 1.71 bits per heavy atom. The maximum Gasteiger partial charge on any atom is 0.263 e. The molecule has 0 radical (unpaired) electrons. The van der Waals surface area contributed by atoms with Crippen molar-refractivity contribution in [3.8, 4) is 0 Å². The van der Waals surface area contributed by atoms with Crippen molar-refractivity contribution >= 4 is 55.2 Å². The lowest BCUT2D eigenvalue weighted by molar-refractivity contribution is -0.109. The molecule has 4 rings (SSSR count). The fourth-order valence-electron chi connectivity index (χ4n) is 3.22. The van der Waals surface area contributed by atoms with Gasteiger partial charge >= 0.3 is 0 Å². The van der Waals surface area contributed by atoms with Gasteiger partial charge in [0.15, 0.2) is 10.9 Å². The SMILES string of the molecule is CC(=O)SCC(=O)c1ccc(NS(=O)(=O)c2ccc3nc(NCc4ccccc4)ccc3c2)nc1. The highest BCUT2D eigenvalue weighted by atomic mass is 32.2. The summed E-state index contributed by atoms with van der Waals surface area (Å²) in [6, 6.07) is 21.1. The summed E-state index contributed by atoms with van der Waals surface area (Å²) in [5.41, 5.74) is 2.09. The summed E-state index contributed by atoms with van der Waals surface area (Å²) in [5, 5.41) is 3.79. The number of rotatable bonds is 9. The van der Waals surface area contributed by atoms with Gasteiger partial charge in [-0.2, -0.15) is 0 Å². The molecule has 0 aliphatic carbocycles. The standard InChI is InChI=1S/C25H22N4O4S2/c1-17(30)34-16-23(31)20-8-12-25(27-15-20)29-35(32,33)21-9-10-22-19(13-21)7-11-24(28-22)26-14-18-5-3-2-4-6-18/h2-13,15H,14,16H2,1H3,(H,26,28)(H,27,29). The Labute approximate surface area is 207 Å². The number of ketones is 1. The van der Waals surface area contributed by atoms with Crippen LogP contribution in [-0.4, -0.2) is 35.0 Å². The molecule has 8 nitrogen and oxygen atoms in total. The summed E-state index contributed by atoms with van der Waals surface area (Å²) in [6.45, 7) is 2.02. The summed E-state index contributed by atoms with van der Waals surface area (Å²) in [6.07, 6.45) is 1.29. The second kappa shape index (κ2) is 10.7. The fourth-order valence-corrected chi connectivity index (χ4v) is 4.77. The van der Waals surface area contributed by atoms with Crippen LogP contribution in [0, 0.1) is 0 Å². The molecule has 178 valence electrons. The molecule has 0 amide bonds. The smallest absolute Gasteiger partial charge is 0.263 e. The van der Waals surface area contributed by atoms with Gasteiger partial charge in [0.2, 0.25) is 0 Å². The van der Waals surface area contributed by atoms with E-state index in [0.717, 1.165) is 17.3 Å². The summed E-state index contributed by atoms with van der Waals surface area (Å²) in [7, 11) is -3.91. The maximum atomic E-state index is 12.9. The van der Waals surface area contributed by atoms with Crippen molar-refractivity contribution in [2.45, 2.75) is 18.4 Å². The van der Waals surface area contributed by atoms with Crippen molar-refractivity contribution in [1.82, 2.24) is 9.97 Å². The molecule has 0 saturated carbocycles. The molecular weight excluding hydrogens is 484 g/mol. The van der Waals surface area contributed by atoms with Crippen LogP contribution in [0.4, 0.5) is 11.6 Å². The van der Waals surface area contributed by atoms with Crippen LogP contribution in [0.15, 0.2) is 83.9 Å². The van der Waals surface area contributed by atoms with Crippen LogP contribution in [0.1, 0.15) is 22.8 Å². The predicted octanol–water partition coefficient (Wildman–Crippen LogP) is 4.51. The predicted molar refractivity (Wildman–Crippen MR) is 138 cm³/mol. The number of hydrogen-bond acceptors (Lipinski definition) is 8. The van der Waals surface area contributed by atoms with E-state index in [2.05, 4.69) is 20.0 Å². The average Bonchev–Trinajstić information content (AvgIpc) is 2.86. The van der Waals surface area contributed by atoms with E-state index >= 15 is 0 Å². The quantitative estimate of drug-likeness (QED) is 0.319. The molecular formula is C25H22N4O4S2. The van der Waals surface area contributed by atoms with E-state index in [1.165, 1.54) is 31.3 Å². The molecule has 2 N–H and O–H groups in total. The lowest BCUT2D eigenvalue weighted by Gasteiger charge is -2.10. The number of sulfonamides is 1. The molecule has 0 fully saturated rings. The Kier molecular flexibility index (Phi) is 7.42. The van der Waals surface area contributed by atoms with Gasteiger partial charge in [0.05, 0.1) is 16.2 Å². The second-order valence-corrected chi connectivity index (χ2v) is 10.5. The van der Waals surface area contributed by atoms with Crippen molar-refractivity contribution in [2.75, 3.05) is 15.8 Å². The second-order valence-electron chi connectivity index (χ2n) is 7.63. The number of Topliss-reactive ketones (excluding diaryl/α,β-unsaturated/α-hetero) is 1. The zero-order valence-corrected chi connectivity index (χ0v) is 20.4. The van der Waals surface area contributed by atoms with Crippen LogP contribution >= 0.6 is 11.8 Å². The van der Waals surface area contributed by atoms with Crippen molar-refractivity contribution < 1.29 is 18.0 Å². The Hall–Kier alpha value is -3.76. The number of pyridine rings is 2. The van der Waals surface area contributed by atoms with Gasteiger partial charge in [0, 0.05) is 30.6 Å². The molecule has 2 aromatic carbocycles. The van der Waals surface area contributed by atoms with Gasteiger partial charge in [0.25, 0.3) is 10.0 Å². The van der Waals surface area contributed by atoms with Crippen molar-refractivity contribution in [3.05, 3.63) is 90.1 Å². The monoisotopic (exact) mass is 506 g/mol. The highest BCUT2D eigenvalue weighted by Gasteiger charge is 2.16. The largest absolute Gasteiger partial charge is 0.366 e. The zero-order chi connectivity index (χ0) is 24.8. The van der Waals surface area contributed by atoms with Gasteiger partial charge in [-0.25, -0.2) is 18.4 Å². The highest BCUT2D eigenvalue weighted by molar-refractivity contribution is 8.14. The minimum atomic E-state index is -3.91. The molecule has 0 bridgehead atoms. The van der Waals surface area contributed by atoms with E-state index in [9.17, 15) is 18.0 Å². The van der Waals surface area contributed by atoms with Crippen molar-refractivity contribution in [2.24, 2.45) is 0 Å². The molecule has 0 unspecified atom stereocenters. The molecule has 0 aliphatic rings. The third-order valence-electron chi connectivity index (χ3n) is 5.02. The Bertz CT molecular complexity index is 1470. The number of thioether (sulfide) groups is 1. The third-order valence-corrected chi connectivity index (χ3v) is 7.18. The molecule has 0 atom stereocenters. The molecule has 0 spiro atoms. The van der Waals surface area contributed by atoms with Gasteiger partial charge < -0.3 is 5.32 Å². The normalized spacial score (nSPS) is 11.2. The summed E-state index contributed by atoms with van der Waals surface area (Å²) < 4.78 is 28.2. The van der Waals surface area contributed by atoms with E-state index in [1.54, 1.807) is 18.2 Å². The first-order chi connectivity index (χ1) is 16.8. The van der Waals surface area contributed by atoms with Crippen LogP contribution in [0.3, 0.4) is 0 Å². The first-order valence-electron chi connectivity index (χ1n) is 10.6. The number of carbonyl (C=O) groups excluding carboxylic acids is 2. The van der Waals surface area contributed by atoms with E-state index in [0.29, 0.717) is 28.8 Å². The summed E-state index contributed by atoms with van der Waals surface area (Å²) >= 11 is 0.912. The van der Waals surface area contributed by atoms with Gasteiger partial charge in [-0.15, -0.1) is 0 Å². The number of hydrogen-bond donors (Lipinski definition) is 2. The zero-order valence-electron chi connectivity index (χ0n) is 18.8. The molecule has 0 aliphatic heterocycles. The van der Waals surface area contributed by atoms with E-state index in [1.807, 2.05) is 36.4 Å². The molecule has 2 aromatic heterocycles. The van der Waals surface area contributed by atoms with Crippen molar-refractivity contribution in [1.29, 1.82) is 0 Å². The molecule has 4 aromatic rings. The maximum absolute atomic E-state index is 12.9. The summed E-state index contributed by atoms with van der Waals surface area (Å²) in [5.74, 6) is 0.526. The first kappa shape index (κ1) is 24.4. The van der Waals surface area contributed by atoms with Crippen LogP contribution in [0.5, 0.6) is 0 Å². The van der Waals surface area contributed by atoms with Gasteiger partial charge in [-0.05, 0) is 48.0 Å². The van der Waals surface area contributed by atoms with Gasteiger partial charge in [-0.3, -0.25) is 14.3 Å². The Morgan fingerprint density at radius 1 is 0.943 bits per heavy atom. The van der Waals surface area contributed by atoms with Crippen molar-refractivity contribution in [3.63, 3.8) is 0 Å². The lowest BCUT2D eigenvalue weighted by atomic mass is 10.2. The number of nitrogens with zero attached hydrogens (tertiary/aromatic N) is 2.